The van der Waals surface area contributed by atoms with Crippen LogP contribution in [0.15, 0.2) is 24.3 Å². The molecule has 0 fully saturated rings. The first-order chi connectivity index (χ1) is 7.90. The Balaban J connectivity index is 2.59. The molecule has 0 aliphatic heterocycles. The second kappa shape index (κ2) is 5.85. The van der Waals surface area contributed by atoms with E-state index < -0.39 is 0 Å². The zero-order valence-electron chi connectivity index (χ0n) is 11.2. The first kappa shape index (κ1) is 13.8. The summed E-state index contributed by atoms with van der Waals surface area (Å²) >= 11 is 0. The van der Waals surface area contributed by atoms with Gasteiger partial charge in [0.05, 0.1) is 0 Å². The van der Waals surface area contributed by atoms with E-state index in [1.165, 1.54) is 0 Å². The van der Waals surface area contributed by atoms with Gasteiger partial charge in [0.1, 0.15) is 17.1 Å². The lowest BCUT2D eigenvalue weighted by Gasteiger charge is -2.21. The van der Waals surface area contributed by atoms with E-state index in [0.717, 1.165) is 17.7 Å². The first-order valence-corrected chi connectivity index (χ1v) is 6.20. The molecule has 1 aromatic carbocycles. The zero-order chi connectivity index (χ0) is 12.9. The van der Waals surface area contributed by atoms with Gasteiger partial charge in [-0.1, -0.05) is 19.1 Å². The molecule has 94 valence electrons. The molecule has 0 amide bonds. The van der Waals surface area contributed by atoms with E-state index in [1.807, 2.05) is 52.0 Å². The highest BCUT2D eigenvalue weighted by atomic mass is 16.5. The molecular weight excluding hydrogens is 212 g/mol. The highest BCUT2D eigenvalue weighted by molar-refractivity contribution is 5.80. The Hall–Kier alpha value is -1.31. The second-order valence-corrected chi connectivity index (χ2v) is 5.32. The van der Waals surface area contributed by atoms with Crippen LogP contribution < -0.4 is 4.74 Å². The van der Waals surface area contributed by atoms with Gasteiger partial charge in [0.25, 0.3) is 0 Å². The van der Waals surface area contributed by atoms with E-state index in [1.54, 1.807) is 0 Å². The molecule has 0 spiro atoms. The van der Waals surface area contributed by atoms with Crippen LogP contribution in [0, 0.1) is 0 Å². The summed E-state index contributed by atoms with van der Waals surface area (Å²) in [5, 5.41) is 0. The van der Waals surface area contributed by atoms with Crippen LogP contribution in [0.4, 0.5) is 0 Å². The predicted octanol–water partition coefficient (Wildman–Crippen LogP) is 3.78. The van der Waals surface area contributed by atoms with Crippen LogP contribution in [0.5, 0.6) is 5.75 Å². The lowest BCUT2D eigenvalue weighted by Crippen LogP contribution is -2.22. The van der Waals surface area contributed by atoms with E-state index in [4.69, 9.17) is 4.74 Å². The summed E-state index contributed by atoms with van der Waals surface area (Å²) in [7, 11) is 0. The minimum atomic E-state index is -0.181. The van der Waals surface area contributed by atoms with Crippen molar-refractivity contribution in [1.82, 2.24) is 0 Å². The molecule has 0 N–H and O–H groups in total. The lowest BCUT2D eigenvalue weighted by molar-refractivity contribution is -0.118. The van der Waals surface area contributed by atoms with Crippen molar-refractivity contribution in [3.05, 3.63) is 29.8 Å². The minimum Gasteiger partial charge on any atom is -0.488 e. The Labute approximate surface area is 104 Å². The van der Waals surface area contributed by atoms with Gasteiger partial charge in [-0.05, 0) is 44.9 Å². The van der Waals surface area contributed by atoms with E-state index in [-0.39, 0.29) is 5.60 Å². The van der Waals surface area contributed by atoms with Crippen molar-refractivity contribution < 1.29 is 9.53 Å². The average Bonchev–Trinajstić information content (AvgIpc) is 2.19. The topological polar surface area (TPSA) is 26.3 Å². The Kier molecular flexibility index (Phi) is 4.73. The molecule has 0 unspecified atom stereocenters. The Bertz CT molecular complexity index is 358. The van der Waals surface area contributed by atoms with Crippen molar-refractivity contribution in [2.45, 2.75) is 52.6 Å². The maximum absolute atomic E-state index is 11.5. The predicted molar refractivity (Wildman–Crippen MR) is 70.4 cm³/mol. The fraction of sp³-hybridized carbons (Fsp3) is 0.533. The minimum absolute atomic E-state index is 0.181. The zero-order valence-corrected chi connectivity index (χ0v) is 11.2. The molecule has 2 heteroatoms. The Morgan fingerprint density at radius 1 is 1.18 bits per heavy atom. The van der Waals surface area contributed by atoms with Gasteiger partial charge < -0.3 is 4.74 Å². The summed E-state index contributed by atoms with van der Waals surface area (Å²) in [6.45, 7) is 8.08. The van der Waals surface area contributed by atoms with Crippen molar-refractivity contribution in [1.29, 1.82) is 0 Å². The summed E-state index contributed by atoms with van der Waals surface area (Å²) in [5.74, 6) is 1.15. The van der Waals surface area contributed by atoms with E-state index in [2.05, 4.69) is 0 Å². The van der Waals surface area contributed by atoms with Crippen molar-refractivity contribution in [2.75, 3.05) is 0 Å². The number of hydrogen-bond acceptors (Lipinski definition) is 2. The highest BCUT2D eigenvalue weighted by Crippen LogP contribution is 2.18. The molecule has 0 aliphatic rings. The van der Waals surface area contributed by atoms with E-state index >= 15 is 0 Å². The number of Topliss-reactive ketones (excluding diaryl/α,β-unsaturated/α-hetero) is 1. The molecule has 2 nitrogen and oxygen atoms in total. The van der Waals surface area contributed by atoms with Crippen molar-refractivity contribution in [2.24, 2.45) is 0 Å². The van der Waals surface area contributed by atoms with Gasteiger partial charge in [-0.2, -0.15) is 0 Å². The van der Waals surface area contributed by atoms with Gasteiger partial charge in [0, 0.05) is 12.8 Å². The number of carbonyl (C=O) groups excluding carboxylic acids is 1. The van der Waals surface area contributed by atoms with Gasteiger partial charge in [0.2, 0.25) is 0 Å². The summed E-state index contributed by atoms with van der Waals surface area (Å²) in [6.07, 6.45) is 2.12. The molecular formula is C15H22O2. The largest absolute Gasteiger partial charge is 0.488 e. The SMILES string of the molecule is CCCC(=O)Cc1ccc(OC(C)(C)C)cc1. The molecule has 0 radical (unpaired) electrons. The molecule has 1 aromatic rings. The highest BCUT2D eigenvalue weighted by Gasteiger charge is 2.11. The van der Waals surface area contributed by atoms with Crippen LogP contribution in [0.1, 0.15) is 46.1 Å². The third-order valence-corrected chi connectivity index (χ3v) is 2.28. The molecule has 17 heavy (non-hydrogen) atoms. The van der Waals surface area contributed by atoms with Crippen LogP contribution in [0.25, 0.3) is 0 Å². The lowest BCUT2D eigenvalue weighted by atomic mass is 10.1. The fourth-order valence-corrected chi connectivity index (χ4v) is 1.62. The Morgan fingerprint density at radius 2 is 1.76 bits per heavy atom. The van der Waals surface area contributed by atoms with Crippen LogP contribution in [0.3, 0.4) is 0 Å². The number of ether oxygens (including phenoxy) is 1. The van der Waals surface area contributed by atoms with Crippen LogP contribution in [0.2, 0.25) is 0 Å². The monoisotopic (exact) mass is 234 g/mol. The van der Waals surface area contributed by atoms with Gasteiger partial charge in [-0.15, -0.1) is 0 Å². The fourth-order valence-electron chi connectivity index (χ4n) is 1.62. The number of benzene rings is 1. The van der Waals surface area contributed by atoms with Crippen LogP contribution >= 0.6 is 0 Å². The third kappa shape index (κ3) is 5.53. The maximum atomic E-state index is 11.5. The molecule has 0 aliphatic carbocycles. The summed E-state index contributed by atoms with van der Waals surface area (Å²) in [6, 6.07) is 7.79. The maximum Gasteiger partial charge on any atom is 0.137 e. The summed E-state index contributed by atoms with van der Waals surface area (Å²) in [5.41, 5.74) is 0.879. The molecule has 0 heterocycles. The van der Waals surface area contributed by atoms with Crippen molar-refractivity contribution >= 4 is 5.78 Å². The number of ketones is 1. The summed E-state index contributed by atoms with van der Waals surface area (Å²) < 4.78 is 5.72. The molecule has 0 saturated heterocycles. The van der Waals surface area contributed by atoms with E-state index in [9.17, 15) is 4.79 Å². The van der Waals surface area contributed by atoms with Gasteiger partial charge >= 0.3 is 0 Å². The number of carbonyl (C=O) groups is 1. The van der Waals surface area contributed by atoms with Gasteiger partial charge in [-0.25, -0.2) is 0 Å². The molecule has 0 bridgehead atoms. The van der Waals surface area contributed by atoms with Crippen LogP contribution in [-0.4, -0.2) is 11.4 Å². The first-order valence-electron chi connectivity index (χ1n) is 6.20. The van der Waals surface area contributed by atoms with Gasteiger partial charge in [0.15, 0.2) is 0 Å². The van der Waals surface area contributed by atoms with Crippen molar-refractivity contribution in [3.63, 3.8) is 0 Å². The molecule has 0 atom stereocenters. The molecule has 0 aromatic heterocycles. The van der Waals surface area contributed by atoms with Crippen molar-refractivity contribution in [3.8, 4) is 5.75 Å². The molecule has 1 rings (SSSR count). The van der Waals surface area contributed by atoms with E-state index in [0.29, 0.717) is 18.6 Å². The normalized spacial score (nSPS) is 11.3. The number of hydrogen-bond donors (Lipinski definition) is 0. The molecule has 0 saturated carbocycles. The Morgan fingerprint density at radius 3 is 2.24 bits per heavy atom. The quantitative estimate of drug-likeness (QED) is 0.775. The average molecular weight is 234 g/mol. The second-order valence-electron chi connectivity index (χ2n) is 5.32. The van der Waals surface area contributed by atoms with Crippen LogP contribution in [-0.2, 0) is 11.2 Å². The third-order valence-electron chi connectivity index (χ3n) is 2.28. The standard InChI is InChI=1S/C15H22O2/c1-5-6-13(16)11-12-7-9-14(10-8-12)17-15(2,3)4/h7-10H,5-6,11H2,1-4H3. The summed E-state index contributed by atoms with van der Waals surface area (Å²) in [4.78, 5) is 11.5. The number of rotatable bonds is 5. The van der Waals surface area contributed by atoms with Gasteiger partial charge in [-0.3, -0.25) is 4.79 Å². The smallest absolute Gasteiger partial charge is 0.137 e.